The molecule has 1 nitrogen and oxygen atoms in total. The molecule has 0 bridgehead atoms. The second-order valence-corrected chi connectivity index (χ2v) is 2.88. The maximum Gasteiger partial charge on any atom is 0.151 e. The lowest BCUT2D eigenvalue weighted by Gasteiger charge is -1.91. The highest BCUT2D eigenvalue weighted by Crippen LogP contribution is 1.99. The first-order valence-electron chi connectivity index (χ1n) is 3.83. The third-order valence-corrected chi connectivity index (χ3v) is 2.04. The zero-order chi connectivity index (χ0) is 7.84. The number of halogens is 1. The van der Waals surface area contributed by atoms with Crippen LogP contribution in [0.1, 0.15) is 18.5 Å². The van der Waals surface area contributed by atoms with Crippen molar-refractivity contribution in [3.05, 3.63) is 22.1 Å². The van der Waals surface area contributed by atoms with Gasteiger partial charge < -0.3 is 4.98 Å². The van der Waals surface area contributed by atoms with Crippen molar-refractivity contribution >= 4 is 12.2 Å². The van der Waals surface area contributed by atoms with E-state index in [4.69, 9.17) is 0 Å². The van der Waals surface area contributed by atoms with E-state index in [1.54, 1.807) is 6.92 Å². The molecule has 0 fully saturated rings. The fraction of sp³-hybridized carbons (Fsp3) is 0.333. The molecule has 0 saturated heterocycles. The predicted octanol–water partition coefficient (Wildman–Crippen LogP) is 0.817. The van der Waals surface area contributed by atoms with Crippen LogP contribution < -0.4 is 10.6 Å². The Morgan fingerprint density at radius 3 is 2.82 bits per heavy atom. The Morgan fingerprint density at radius 2 is 2.09 bits per heavy atom. The highest BCUT2D eigenvalue weighted by molar-refractivity contribution is 5.37. The summed E-state index contributed by atoms with van der Waals surface area (Å²) < 4.78 is 13.2. The van der Waals surface area contributed by atoms with Gasteiger partial charge in [0.1, 0.15) is 0 Å². The molecule has 58 valence electrons. The zero-order valence-electron chi connectivity index (χ0n) is 6.45. The molecule has 1 aromatic heterocycles. The number of H-pyrrole nitrogens is 1. The summed E-state index contributed by atoms with van der Waals surface area (Å²) in [5.41, 5.74) is 0.643. The first kappa shape index (κ1) is 6.65. The molecule has 2 heteroatoms. The molecule has 11 heavy (non-hydrogen) atoms. The Balaban J connectivity index is 2.89. The van der Waals surface area contributed by atoms with Crippen molar-refractivity contribution in [1.29, 1.82) is 0 Å². The van der Waals surface area contributed by atoms with E-state index >= 15 is 0 Å². The smallest absolute Gasteiger partial charge is 0.151 e. The summed E-state index contributed by atoms with van der Waals surface area (Å²) in [7, 11) is 0. The molecule has 0 radical (unpaired) electrons. The maximum atomic E-state index is 13.2. The fourth-order valence-electron chi connectivity index (χ4n) is 1.46. The van der Waals surface area contributed by atoms with Crippen LogP contribution in [0.2, 0.25) is 0 Å². The van der Waals surface area contributed by atoms with E-state index in [2.05, 4.69) is 4.98 Å². The Labute approximate surface area is 64.2 Å². The second-order valence-electron chi connectivity index (χ2n) is 2.88. The lowest BCUT2D eigenvalue weighted by Crippen LogP contribution is -2.26. The van der Waals surface area contributed by atoms with Crippen molar-refractivity contribution in [3.63, 3.8) is 0 Å². The van der Waals surface area contributed by atoms with Crippen LogP contribution in [0.25, 0.3) is 12.2 Å². The largest absolute Gasteiger partial charge is 0.356 e. The summed E-state index contributed by atoms with van der Waals surface area (Å²) in [6.07, 6.45) is 5.98. The van der Waals surface area contributed by atoms with Gasteiger partial charge in [-0.25, -0.2) is 4.39 Å². The molecular formula is C9H10FN. The van der Waals surface area contributed by atoms with Gasteiger partial charge in [-0.05, 0) is 19.8 Å². The molecule has 1 N–H and O–H groups in total. The summed E-state index contributed by atoms with van der Waals surface area (Å²) in [6.45, 7) is 1.76. The first-order chi connectivity index (χ1) is 5.29. The summed E-state index contributed by atoms with van der Waals surface area (Å²) in [5, 5.41) is 1.71. The summed E-state index contributed by atoms with van der Waals surface area (Å²) in [5.74, 6) is -0.0871. The average molecular weight is 151 g/mol. The van der Waals surface area contributed by atoms with Crippen molar-refractivity contribution in [3.8, 4) is 0 Å². The highest BCUT2D eigenvalue weighted by atomic mass is 19.1. The van der Waals surface area contributed by atoms with Gasteiger partial charge in [0.15, 0.2) is 5.82 Å². The molecule has 1 aliphatic carbocycles. The van der Waals surface area contributed by atoms with E-state index in [-0.39, 0.29) is 5.82 Å². The van der Waals surface area contributed by atoms with Crippen LogP contribution in [0.5, 0.6) is 0 Å². The van der Waals surface area contributed by atoms with Crippen LogP contribution in [-0.4, -0.2) is 4.98 Å². The van der Waals surface area contributed by atoms with Crippen LogP contribution >= 0.6 is 0 Å². The minimum Gasteiger partial charge on any atom is -0.356 e. The van der Waals surface area contributed by atoms with Crippen molar-refractivity contribution in [2.45, 2.75) is 19.8 Å². The third-order valence-electron chi connectivity index (χ3n) is 2.04. The summed E-state index contributed by atoms with van der Waals surface area (Å²) in [6, 6.07) is 0. The quantitative estimate of drug-likeness (QED) is 0.565. The molecule has 0 aliphatic heterocycles. The van der Waals surface area contributed by atoms with Crippen LogP contribution in [-0.2, 0) is 0 Å². The van der Waals surface area contributed by atoms with E-state index in [0.717, 1.165) is 23.4 Å². The Hall–Kier alpha value is -1.05. The highest BCUT2D eigenvalue weighted by Gasteiger charge is 2.04. The number of rotatable bonds is 0. The van der Waals surface area contributed by atoms with E-state index < -0.39 is 0 Å². The zero-order valence-corrected chi connectivity index (χ0v) is 6.45. The van der Waals surface area contributed by atoms with E-state index in [0.29, 0.717) is 5.69 Å². The van der Waals surface area contributed by atoms with Crippen LogP contribution in [0.4, 0.5) is 4.39 Å². The Bertz CT molecular complexity index is 386. The minimum absolute atomic E-state index is 0.0871. The number of aromatic nitrogens is 1. The van der Waals surface area contributed by atoms with Gasteiger partial charge in [-0.1, -0.05) is 12.2 Å². The van der Waals surface area contributed by atoms with Gasteiger partial charge in [0.2, 0.25) is 0 Å². The number of aromatic amines is 1. The van der Waals surface area contributed by atoms with Crippen LogP contribution in [0.15, 0.2) is 0 Å². The second kappa shape index (κ2) is 2.22. The summed E-state index contributed by atoms with van der Waals surface area (Å²) >= 11 is 0. The number of aryl methyl sites for hydroxylation is 1. The molecule has 0 atom stereocenters. The molecule has 1 aliphatic rings. The number of hydrogen-bond acceptors (Lipinski definition) is 0. The molecule has 1 heterocycles. The van der Waals surface area contributed by atoms with Gasteiger partial charge in [0, 0.05) is 16.3 Å². The standard InChI is InChI=1S/C9H10FN/c1-6-9(10)7-4-2-3-5-8(7)11-6/h4-5,11H,2-3H2,1H3. The maximum absolute atomic E-state index is 13.2. The van der Waals surface area contributed by atoms with Crippen LogP contribution in [0.3, 0.4) is 0 Å². The van der Waals surface area contributed by atoms with Gasteiger partial charge in [0.25, 0.3) is 0 Å². The number of fused-ring (bicyclic) bond motifs is 1. The average Bonchev–Trinajstić information content (AvgIpc) is 2.30. The molecule has 0 unspecified atom stereocenters. The lowest BCUT2D eigenvalue weighted by molar-refractivity contribution is 0.611. The molecular weight excluding hydrogens is 141 g/mol. The monoisotopic (exact) mass is 151 g/mol. The predicted molar refractivity (Wildman–Crippen MR) is 42.9 cm³/mol. The number of hydrogen-bond donors (Lipinski definition) is 1. The van der Waals surface area contributed by atoms with Crippen molar-refractivity contribution in [1.82, 2.24) is 4.98 Å². The van der Waals surface area contributed by atoms with Gasteiger partial charge in [-0.15, -0.1) is 0 Å². The minimum atomic E-state index is -0.0871. The SMILES string of the molecule is Cc1[nH]c2c(c1F)=CCCC=2. The Kier molecular flexibility index (Phi) is 1.34. The van der Waals surface area contributed by atoms with Gasteiger partial charge in [-0.3, -0.25) is 0 Å². The van der Waals surface area contributed by atoms with E-state index in [1.165, 1.54) is 0 Å². The van der Waals surface area contributed by atoms with Gasteiger partial charge >= 0.3 is 0 Å². The Morgan fingerprint density at radius 1 is 1.36 bits per heavy atom. The summed E-state index contributed by atoms with van der Waals surface area (Å²) in [4.78, 5) is 3.00. The molecule has 0 saturated carbocycles. The third kappa shape index (κ3) is 0.897. The van der Waals surface area contributed by atoms with Crippen LogP contribution in [0, 0.1) is 12.7 Å². The van der Waals surface area contributed by atoms with Crippen molar-refractivity contribution in [2.75, 3.05) is 0 Å². The van der Waals surface area contributed by atoms with Crippen molar-refractivity contribution < 1.29 is 4.39 Å². The fourth-order valence-corrected chi connectivity index (χ4v) is 1.46. The molecule has 0 spiro atoms. The topological polar surface area (TPSA) is 15.8 Å². The van der Waals surface area contributed by atoms with E-state index in [1.807, 2.05) is 12.2 Å². The first-order valence-corrected chi connectivity index (χ1v) is 3.83. The molecule has 0 aromatic carbocycles. The van der Waals surface area contributed by atoms with Gasteiger partial charge in [-0.2, -0.15) is 0 Å². The van der Waals surface area contributed by atoms with Gasteiger partial charge in [0.05, 0.1) is 0 Å². The van der Waals surface area contributed by atoms with Crippen molar-refractivity contribution in [2.24, 2.45) is 0 Å². The molecule has 0 amide bonds. The van der Waals surface area contributed by atoms with E-state index in [9.17, 15) is 4.39 Å². The molecule has 1 aromatic rings. The molecule has 2 rings (SSSR count). The lowest BCUT2D eigenvalue weighted by atomic mass is 10.2. The normalized spacial score (nSPS) is 15.1. The number of nitrogens with one attached hydrogen (secondary N) is 1.